The summed E-state index contributed by atoms with van der Waals surface area (Å²) in [4.78, 5) is 20.2. The van der Waals surface area contributed by atoms with E-state index in [0.29, 0.717) is 6.01 Å². The second-order valence-corrected chi connectivity index (χ2v) is 4.95. The Morgan fingerprint density at radius 3 is 2.90 bits per heavy atom. The minimum atomic E-state index is 0.108. The maximum Gasteiger partial charge on any atom is 0.298 e. The number of nitrogens with one attached hydrogen (secondary N) is 1. The summed E-state index contributed by atoms with van der Waals surface area (Å²) in [6.07, 6.45) is 0. The molecule has 1 amide bonds. The zero-order valence-electron chi connectivity index (χ0n) is 11.5. The number of nitrogens with zero attached hydrogens (tertiary/aromatic N) is 3. The van der Waals surface area contributed by atoms with Gasteiger partial charge in [0.15, 0.2) is 5.58 Å². The van der Waals surface area contributed by atoms with E-state index in [1.54, 1.807) is 4.90 Å². The molecule has 1 aliphatic rings. The topological polar surface area (TPSA) is 61.6 Å². The Hall–Kier alpha value is -2.08. The van der Waals surface area contributed by atoms with Gasteiger partial charge in [-0.1, -0.05) is 12.1 Å². The monoisotopic (exact) mass is 274 g/mol. The summed E-state index contributed by atoms with van der Waals surface area (Å²) in [6.45, 7) is 3.53. The Kier molecular flexibility index (Phi) is 3.56. The predicted molar refractivity (Wildman–Crippen MR) is 76.7 cm³/mol. The Morgan fingerprint density at radius 2 is 2.15 bits per heavy atom. The van der Waals surface area contributed by atoms with Gasteiger partial charge in [-0.25, -0.2) is 0 Å². The van der Waals surface area contributed by atoms with Gasteiger partial charge in [-0.05, 0) is 12.1 Å². The highest BCUT2D eigenvalue weighted by Gasteiger charge is 2.19. The van der Waals surface area contributed by atoms with E-state index in [1.807, 2.05) is 36.2 Å². The first-order valence-electron chi connectivity index (χ1n) is 6.79. The number of anilines is 1. The van der Waals surface area contributed by atoms with Crippen molar-refractivity contribution in [3.8, 4) is 0 Å². The summed E-state index contributed by atoms with van der Waals surface area (Å²) in [5.41, 5.74) is 1.55. The number of carbonyl (C=O) groups excluding carboxylic acids is 1. The highest BCUT2D eigenvalue weighted by Crippen LogP contribution is 2.20. The molecule has 0 unspecified atom stereocenters. The zero-order valence-corrected chi connectivity index (χ0v) is 11.5. The average molecular weight is 274 g/mol. The molecule has 0 spiro atoms. The minimum absolute atomic E-state index is 0.108. The summed E-state index contributed by atoms with van der Waals surface area (Å²) >= 11 is 0. The summed E-state index contributed by atoms with van der Waals surface area (Å²) in [5.74, 6) is 0.108. The number of hydrogen-bond acceptors (Lipinski definition) is 5. The molecule has 1 aromatic heterocycles. The van der Waals surface area contributed by atoms with Crippen molar-refractivity contribution in [1.82, 2.24) is 15.2 Å². The SMILES string of the molecule is CN(CC(=O)N1CCNCC1)c1nc2ccccc2o1. The van der Waals surface area contributed by atoms with Gasteiger partial charge in [0.25, 0.3) is 6.01 Å². The first-order chi connectivity index (χ1) is 9.74. The van der Waals surface area contributed by atoms with Gasteiger partial charge in [0, 0.05) is 33.2 Å². The van der Waals surface area contributed by atoms with Crippen LogP contribution in [0.2, 0.25) is 0 Å². The van der Waals surface area contributed by atoms with Crippen LogP contribution >= 0.6 is 0 Å². The van der Waals surface area contributed by atoms with Gasteiger partial charge >= 0.3 is 0 Å². The largest absolute Gasteiger partial charge is 0.423 e. The number of amides is 1. The number of likely N-dealkylation sites (N-methyl/N-ethyl adjacent to an activating group) is 1. The van der Waals surface area contributed by atoms with E-state index < -0.39 is 0 Å². The van der Waals surface area contributed by atoms with Crippen LogP contribution in [-0.2, 0) is 4.79 Å². The molecule has 1 aromatic carbocycles. The Bertz CT molecular complexity index is 571. The number of rotatable bonds is 3. The van der Waals surface area contributed by atoms with E-state index in [1.165, 1.54) is 0 Å². The van der Waals surface area contributed by atoms with E-state index in [2.05, 4.69) is 10.3 Å². The van der Waals surface area contributed by atoms with E-state index in [0.717, 1.165) is 37.3 Å². The molecule has 0 bridgehead atoms. The molecule has 1 saturated heterocycles. The fraction of sp³-hybridized carbons (Fsp3) is 0.429. The first kappa shape index (κ1) is 12.9. The molecule has 1 aliphatic heterocycles. The van der Waals surface area contributed by atoms with Crippen LogP contribution in [0, 0.1) is 0 Å². The third-order valence-corrected chi connectivity index (χ3v) is 3.45. The third kappa shape index (κ3) is 2.60. The minimum Gasteiger partial charge on any atom is -0.423 e. The van der Waals surface area contributed by atoms with Crippen LogP contribution in [0.15, 0.2) is 28.7 Å². The molecular weight excluding hydrogens is 256 g/mol. The van der Waals surface area contributed by atoms with Crippen LogP contribution in [0.1, 0.15) is 0 Å². The molecule has 6 heteroatoms. The number of hydrogen-bond donors (Lipinski definition) is 1. The lowest BCUT2D eigenvalue weighted by Crippen LogP contribution is -2.49. The number of carbonyl (C=O) groups is 1. The van der Waals surface area contributed by atoms with Gasteiger partial charge in [-0.2, -0.15) is 4.98 Å². The van der Waals surface area contributed by atoms with Gasteiger partial charge in [-0.3, -0.25) is 4.79 Å². The van der Waals surface area contributed by atoms with Gasteiger partial charge in [-0.15, -0.1) is 0 Å². The van der Waals surface area contributed by atoms with Crippen LogP contribution in [0.3, 0.4) is 0 Å². The highest BCUT2D eigenvalue weighted by molar-refractivity contribution is 5.81. The Balaban J connectivity index is 1.68. The zero-order chi connectivity index (χ0) is 13.9. The molecule has 0 saturated carbocycles. The lowest BCUT2D eigenvalue weighted by Gasteiger charge is -2.28. The van der Waals surface area contributed by atoms with Gasteiger partial charge in [0.05, 0.1) is 0 Å². The fourth-order valence-corrected chi connectivity index (χ4v) is 2.31. The molecule has 20 heavy (non-hydrogen) atoms. The molecule has 0 aliphatic carbocycles. The molecule has 0 radical (unpaired) electrons. The van der Waals surface area contributed by atoms with E-state index >= 15 is 0 Å². The molecule has 1 fully saturated rings. The Morgan fingerprint density at radius 1 is 1.40 bits per heavy atom. The number of benzene rings is 1. The molecule has 2 aromatic rings. The fourth-order valence-electron chi connectivity index (χ4n) is 2.31. The molecule has 3 rings (SSSR count). The first-order valence-corrected chi connectivity index (χ1v) is 6.79. The maximum atomic E-state index is 12.2. The van der Waals surface area contributed by atoms with Crippen molar-refractivity contribution in [3.63, 3.8) is 0 Å². The maximum absolute atomic E-state index is 12.2. The van der Waals surface area contributed by atoms with Crippen molar-refractivity contribution < 1.29 is 9.21 Å². The quantitative estimate of drug-likeness (QED) is 0.892. The molecule has 1 N–H and O–H groups in total. The molecule has 0 atom stereocenters. The van der Waals surface area contributed by atoms with Gasteiger partial charge in [0.2, 0.25) is 5.91 Å². The van der Waals surface area contributed by atoms with Gasteiger partial charge in [0.1, 0.15) is 12.1 Å². The third-order valence-electron chi connectivity index (χ3n) is 3.45. The molecule has 106 valence electrons. The number of para-hydroxylation sites is 2. The predicted octanol–water partition coefficient (Wildman–Crippen LogP) is 0.696. The normalized spacial score (nSPS) is 15.6. The number of piperazine rings is 1. The van der Waals surface area contributed by atoms with Crippen LogP contribution in [0.5, 0.6) is 0 Å². The molecule has 2 heterocycles. The lowest BCUT2D eigenvalue weighted by molar-refractivity contribution is -0.130. The summed E-state index contributed by atoms with van der Waals surface area (Å²) in [5, 5.41) is 3.23. The molecular formula is C14H18N4O2. The van der Waals surface area contributed by atoms with Crippen molar-refractivity contribution in [2.75, 3.05) is 44.7 Å². The van der Waals surface area contributed by atoms with Crippen molar-refractivity contribution in [2.24, 2.45) is 0 Å². The Labute approximate surface area is 117 Å². The lowest BCUT2D eigenvalue weighted by atomic mass is 10.3. The second kappa shape index (κ2) is 5.50. The van der Waals surface area contributed by atoms with E-state index in [9.17, 15) is 4.79 Å². The standard InChI is InChI=1S/C14H18N4O2/c1-17(10-13(19)18-8-6-15-7-9-18)14-16-11-4-2-3-5-12(11)20-14/h2-5,15H,6-10H2,1H3. The van der Waals surface area contributed by atoms with Crippen molar-refractivity contribution in [2.45, 2.75) is 0 Å². The summed E-state index contributed by atoms with van der Waals surface area (Å²) in [6, 6.07) is 8.07. The van der Waals surface area contributed by atoms with Crippen LogP contribution in [-0.4, -0.2) is 55.6 Å². The van der Waals surface area contributed by atoms with Crippen LogP contribution < -0.4 is 10.2 Å². The van der Waals surface area contributed by atoms with Crippen LogP contribution in [0.4, 0.5) is 6.01 Å². The average Bonchev–Trinajstić information content (AvgIpc) is 2.92. The molecule has 6 nitrogen and oxygen atoms in total. The van der Waals surface area contributed by atoms with Gasteiger partial charge < -0.3 is 19.5 Å². The van der Waals surface area contributed by atoms with Crippen molar-refractivity contribution in [1.29, 1.82) is 0 Å². The second-order valence-electron chi connectivity index (χ2n) is 4.95. The van der Waals surface area contributed by atoms with Crippen molar-refractivity contribution in [3.05, 3.63) is 24.3 Å². The van der Waals surface area contributed by atoms with Crippen LogP contribution in [0.25, 0.3) is 11.1 Å². The van der Waals surface area contributed by atoms with E-state index in [4.69, 9.17) is 4.42 Å². The van der Waals surface area contributed by atoms with E-state index in [-0.39, 0.29) is 12.5 Å². The highest BCUT2D eigenvalue weighted by atomic mass is 16.4. The number of aromatic nitrogens is 1. The number of fused-ring (bicyclic) bond motifs is 1. The number of oxazole rings is 1. The summed E-state index contributed by atoms with van der Waals surface area (Å²) in [7, 11) is 1.82. The summed E-state index contributed by atoms with van der Waals surface area (Å²) < 4.78 is 5.65. The smallest absolute Gasteiger partial charge is 0.298 e. The van der Waals surface area contributed by atoms with Crippen molar-refractivity contribution >= 4 is 23.0 Å².